The third kappa shape index (κ3) is 3.23. The largest absolute Gasteiger partial charge is 0.368 e. The van der Waals surface area contributed by atoms with Crippen molar-refractivity contribution in [2.24, 2.45) is 0 Å². The minimum absolute atomic E-state index is 0.0465. The zero-order valence-corrected chi connectivity index (χ0v) is 15.0. The van der Waals surface area contributed by atoms with Crippen molar-refractivity contribution in [1.82, 2.24) is 4.98 Å². The van der Waals surface area contributed by atoms with Crippen LogP contribution in [0.15, 0.2) is 48.7 Å². The zero-order chi connectivity index (χ0) is 19.0. The second-order valence-electron chi connectivity index (χ2n) is 6.66. The number of aromatic nitrogens is 1. The Morgan fingerprint density at radius 2 is 1.52 bits per heavy atom. The van der Waals surface area contributed by atoms with Crippen LogP contribution >= 0.6 is 0 Å². The lowest BCUT2D eigenvalue weighted by atomic mass is 10.1. The fraction of sp³-hybridized carbons (Fsp3) is 0.238. The molecule has 3 aromatic rings. The molecule has 0 saturated carbocycles. The third-order valence-corrected chi connectivity index (χ3v) is 5.03. The molecule has 0 spiro atoms. The first kappa shape index (κ1) is 17.4. The maximum absolute atomic E-state index is 14.4. The van der Waals surface area contributed by atoms with Gasteiger partial charge in [-0.25, -0.2) is 8.78 Å². The van der Waals surface area contributed by atoms with Gasteiger partial charge in [0.25, 0.3) is 0 Å². The fourth-order valence-electron chi connectivity index (χ4n) is 3.55. The predicted octanol–water partition coefficient (Wildman–Crippen LogP) is 4.04. The highest BCUT2D eigenvalue weighted by molar-refractivity contribution is 5.94. The van der Waals surface area contributed by atoms with E-state index < -0.39 is 11.6 Å². The lowest BCUT2D eigenvalue weighted by Crippen LogP contribution is -2.46. The molecule has 0 aliphatic carbocycles. The first-order valence-electron chi connectivity index (χ1n) is 8.88. The number of Topliss-reactive ketones (excluding diaryl/α,β-unsaturated/α-hetero) is 1. The molecule has 0 atom stereocenters. The van der Waals surface area contributed by atoms with Crippen molar-refractivity contribution < 1.29 is 13.6 Å². The van der Waals surface area contributed by atoms with Crippen LogP contribution in [-0.2, 0) is 0 Å². The van der Waals surface area contributed by atoms with Gasteiger partial charge in [0, 0.05) is 43.6 Å². The molecule has 2 aromatic carbocycles. The minimum Gasteiger partial charge on any atom is -0.368 e. The molecular formula is C21H19F2N3O. The molecule has 1 aliphatic heterocycles. The summed E-state index contributed by atoms with van der Waals surface area (Å²) in [6.07, 6.45) is 1.52. The molecule has 4 rings (SSSR count). The van der Waals surface area contributed by atoms with Crippen LogP contribution in [0.25, 0.3) is 10.9 Å². The fourth-order valence-corrected chi connectivity index (χ4v) is 3.55. The summed E-state index contributed by atoms with van der Waals surface area (Å²) >= 11 is 0. The summed E-state index contributed by atoms with van der Waals surface area (Å²) in [4.78, 5) is 19.7. The Balaban J connectivity index is 1.55. The molecule has 4 nitrogen and oxygen atoms in total. The second-order valence-corrected chi connectivity index (χ2v) is 6.66. The first-order valence-corrected chi connectivity index (χ1v) is 8.88. The number of nitrogens with zero attached hydrogens (tertiary/aromatic N) is 3. The summed E-state index contributed by atoms with van der Waals surface area (Å²) in [6.45, 7) is 4.42. The van der Waals surface area contributed by atoms with Crippen LogP contribution in [0.2, 0.25) is 0 Å². The number of pyridine rings is 1. The number of benzene rings is 2. The van der Waals surface area contributed by atoms with E-state index in [2.05, 4.69) is 14.8 Å². The van der Waals surface area contributed by atoms with E-state index in [9.17, 15) is 13.6 Å². The molecule has 0 bridgehead atoms. The van der Waals surface area contributed by atoms with Gasteiger partial charge >= 0.3 is 0 Å². The first-order chi connectivity index (χ1) is 13.0. The molecular weight excluding hydrogens is 348 g/mol. The lowest BCUT2D eigenvalue weighted by Gasteiger charge is -2.37. The number of piperazine rings is 1. The molecule has 27 heavy (non-hydrogen) atoms. The molecule has 1 aromatic heterocycles. The van der Waals surface area contributed by atoms with Gasteiger partial charge in [-0.05, 0) is 49.4 Å². The van der Waals surface area contributed by atoms with Gasteiger partial charge in [-0.2, -0.15) is 0 Å². The van der Waals surface area contributed by atoms with Gasteiger partial charge in [0.2, 0.25) is 0 Å². The summed E-state index contributed by atoms with van der Waals surface area (Å²) in [7, 11) is 0. The van der Waals surface area contributed by atoms with E-state index in [1.807, 2.05) is 24.3 Å². The Morgan fingerprint density at radius 3 is 2.19 bits per heavy atom. The van der Waals surface area contributed by atoms with Crippen LogP contribution in [0.1, 0.15) is 17.3 Å². The second kappa shape index (κ2) is 6.95. The van der Waals surface area contributed by atoms with Gasteiger partial charge in [-0.15, -0.1) is 0 Å². The summed E-state index contributed by atoms with van der Waals surface area (Å²) in [5, 5.41) is 0.233. The zero-order valence-electron chi connectivity index (χ0n) is 15.0. The Morgan fingerprint density at radius 1 is 0.889 bits per heavy atom. The molecule has 6 heteroatoms. The molecule has 0 unspecified atom stereocenters. The van der Waals surface area contributed by atoms with Gasteiger partial charge in [0.05, 0.1) is 11.1 Å². The van der Waals surface area contributed by atoms with Crippen molar-refractivity contribution in [2.45, 2.75) is 6.92 Å². The summed E-state index contributed by atoms with van der Waals surface area (Å²) in [5.74, 6) is -0.931. The lowest BCUT2D eigenvalue weighted by molar-refractivity contribution is 0.101. The van der Waals surface area contributed by atoms with Gasteiger partial charge in [0.15, 0.2) is 5.78 Å². The number of carbonyl (C=O) groups is 1. The predicted molar refractivity (Wildman–Crippen MR) is 103 cm³/mol. The summed E-state index contributed by atoms with van der Waals surface area (Å²) < 4.78 is 28.4. The van der Waals surface area contributed by atoms with E-state index in [1.165, 1.54) is 6.20 Å². The molecule has 0 N–H and O–H groups in total. The highest BCUT2D eigenvalue weighted by Gasteiger charge is 2.21. The van der Waals surface area contributed by atoms with Crippen molar-refractivity contribution in [3.05, 3.63) is 65.9 Å². The monoisotopic (exact) mass is 367 g/mol. The van der Waals surface area contributed by atoms with Crippen LogP contribution in [0.5, 0.6) is 0 Å². The summed E-state index contributed by atoms with van der Waals surface area (Å²) in [5.41, 5.74) is 2.48. The minimum atomic E-state index is -0.516. The topological polar surface area (TPSA) is 36.4 Å². The van der Waals surface area contributed by atoms with E-state index in [0.29, 0.717) is 24.3 Å². The van der Waals surface area contributed by atoms with Gasteiger partial charge in [0.1, 0.15) is 17.2 Å². The maximum Gasteiger partial charge on any atom is 0.159 e. The number of carbonyl (C=O) groups excluding carboxylic acids is 1. The normalized spacial score (nSPS) is 14.6. The average Bonchev–Trinajstić information content (AvgIpc) is 2.71. The van der Waals surface area contributed by atoms with Crippen LogP contribution < -0.4 is 9.80 Å². The van der Waals surface area contributed by atoms with Gasteiger partial charge < -0.3 is 9.80 Å². The number of halogens is 2. The van der Waals surface area contributed by atoms with Crippen molar-refractivity contribution in [1.29, 1.82) is 0 Å². The quantitative estimate of drug-likeness (QED) is 0.655. The smallest absolute Gasteiger partial charge is 0.159 e. The van der Waals surface area contributed by atoms with Gasteiger partial charge in [-0.3, -0.25) is 9.78 Å². The van der Waals surface area contributed by atoms with Gasteiger partial charge in [-0.1, -0.05) is 0 Å². The molecule has 1 saturated heterocycles. The van der Waals surface area contributed by atoms with E-state index in [-0.39, 0.29) is 16.7 Å². The maximum atomic E-state index is 14.4. The highest BCUT2D eigenvalue weighted by Crippen LogP contribution is 2.30. The van der Waals surface area contributed by atoms with E-state index in [0.717, 1.165) is 30.9 Å². The molecule has 138 valence electrons. The van der Waals surface area contributed by atoms with Crippen LogP contribution in [-0.4, -0.2) is 36.9 Å². The van der Waals surface area contributed by atoms with Crippen LogP contribution in [0, 0.1) is 11.6 Å². The molecule has 1 fully saturated rings. The van der Waals surface area contributed by atoms with Crippen molar-refractivity contribution >= 4 is 28.1 Å². The number of hydrogen-bond donors (Lipinski definition) is 0. The number of hydrogen-bond acceptors (Lipinski definition) is 4. The molecule has 1 aliphatic rings. The van der Waals surface area contributed by atoms with Crippen molar-refractivity contribution in [3.8, 4) is 0 Å². The van der Waals surface area contributed by atoms with E-state index in [4.69, 9.17) is 0 Å². The van der Waals surface area contributed by atoms with E-state index >= 15 is 0 Å². The standard InChI is InChI=1S/C21H19F2N3O/c1-14(27)15-2-4-16(5-3-15)25-10-12-26(13-11-25)19-8-9-24-21-18(23)7-6-17(22)20(19)21/h2-9H,10-13H2,1H3. The van der Waals surface area contributed by atoms with Crippen molar-refractivity contribution in [2.75, 3.05) is 36.0 Å². The number of fused-ring (bicyclic) bond motifs is 1. The van der Waals surface area contributed by atoms with Crippen LogP contribution in [0.4, 0.5) is 20.2 Å². The summed E-state index contributed by atoms with van der Waals surface area (Å²) in [6, 6.07) is 11.6. The Kier molecular flexibility index (Phi) is 4.48. The molecule has 0 amide bonds. The molecule has 2 heterocycles. The number of ketones is 1. The number of rotatable bonds is 3. The number of anilines is 2. The third-order valence-electron chi connectivity index (χ3n) is 5.03. The average molecular weight is 367 g/mol. The van der Waals surface area contributed by atoms with Crippen LogP contribution in [0.3, 0.4) is 0 Å². The Hall–Kier alpha value is -3.02. The highest BCUT2D eigenvalue weighted by atomic mass is 19.1. The SMILES string of the molecule is CC(=O)c1ccc(N2CCN(c3ccnc4c(F)ccc(F)c34)CC2)cc1. The van der Waals surface area contributed by atoms with E-state index in [1.54, 1.807) is 13.0 Å². The Labute approximate surface area is 156 Å². The molecule has 0 radical (unpaired) electrons. The van der Waals surface area contributed by atoms with Crippen molar-refractivity contribution in [3.63, 3.8) is 0 Å². The Bertz CT molecular complexity index is 996.